The predicted octanol–water partition coefficient (Wildman–Crippen LogP) is 4.70. The van der Waals surface area contributed by atoms with Crippen molar-refractivity contribution < 1.29 is 4.79 Å². The fourth-order valence-corrected chi connectivity index (χ4v) is 6.49. The highest BCUT2D eigenvalue weighted by Gasteiger charge is 2.35. The highest BCUT2D eigenvalue weighted by Crippen LogP contribution is 2.46. The number of nitrogens with one attached hydrogen (secondary N) is 2. The molecule has 1 fully saturated rings. The van der Waals surface area contributed by atoms with E-state index in [0.717, 1.165) is 67.2 Å². The number of anilines is 1. The minimum atomic E-state index is -0.197. The fraction of sp³-hybridized carbons (Fsp3) is 0.382. The first kappa shape index (κ1) is 28.1. The first-order chi connectivity index (χ1) is 20.3. The lowest BCUT2D eigenvalue weighted by atomic mass is 9.79. The molecule has 8 nitrogen and oxygen atoms in total. The van der Waals surface area contributed by atoms with Crippen LogP contribution in [0.4, 0.5) is 5.69 Å². The van der Waals surface area contributed by atoms with Crippen LogP contribution in [0.3, 0.4) is 0 Å². The Balaban J connectivity index is 1.32. The van der Waals surface area contributed by atoms with Gasteiger partial charge in [-0.05, 0) is 61.0 Å². The van der Waals surface area contributed by atoms with Crippen LogP contribution < -0.4 is 10.9 Å². The summed E-state index contributed by atoms with van der Waals surface area (Å²) in [5, 5.41) is 12.6. The molecule has 6 rings (SSSR count). The van der Waals surface area contributed by atoms with E-state index in [1.807, 2.05) is 35.2 Å². The van der Waals surface area contributed by atoms with Gasteiger partial charge in [0, 0.05) is 55.9 Å². The van der Waals surface area contributed by atoms with Gasteiger partial charge in [-0.15, -0.1) is 0 Å². The molecule has 0 radical (unpaired) electrons. The molecule has 2 atom stereocenters. The van der Waals surface area contributed by atoms with Crippen molar-refractivity contribution in [3.05, 3.63) is 105 Å². The quantitative estimate of drug-likeness (QED) is 0.339. The number of amides is 1. The van der Waals surface area contributed by atoms with E-state index in [2.05, 4.69) is 89.7 Å². The first-order valence-corrected chi connectivity index (χ1v) is 14.9. The number of carbonyl (C=O) groups excluding carboxylic acids is 1. The minimum absolute atomic E-state index is 0.0791. The average Bonchev–Trinajstić information content (AvgIpc) is 2.98. The summed E-state index contributed by atoms with van der Waals surface area (Å²) in [5.74, 6) is 0.539. The molecule has 2 aliphatic rings. The number of carbonyl (C=O) groups is 1. The van der Waals surface area contributed by atoms with Crippen molar-refractivity contribution in [1.82, 2.24) is 24.9 Å². The lowest BCUT2D eigenvalue weighted by Crippen LogP contribution is -2.49. The van der Waals surface area contributed by atoms with Crippen molar-refractivity contribution in [2.24, 2.45) is 5.92 Å². The second-order valence-corrected chi connectivity index (χ2v) is 12.4. The molecule has 1 saturated heterocycles. The summed E-state index contributed by atoms with van der Waals surface area (Å²) in [7, 11) is 4.13. The van der Waals surface area contributed by atoms with Crippen molar-refractivity contribution in [2.45, 2.75) is 32.4 Å². The molecule has 2 unspecified atom stereocenters. The van der Waals surface area contributed by atoms with Gasteiger partial charge in [0.15, 0.2) is 0 Å². The van der Waals surface area contributed by atoms with Gasteiger partial charge in [0.05, 0.1) is 23.0 Å². The smallest absolute Gasteiger partial charge is 0.272 e. The van der Waals surface area contributed by atoms with Crippen molar-refractivity contribution in [1.29, 1.82) is 0 Å². The topological polar surface area (TPSA) is 84.6 Å². The molecule has 0 aliphatic carbocycles. The van der Waals surface area contributed by atoms with Crippen LogP contribution in [0.15, 0.2) is 71.5 Å². The number of rotatable bonds is 7. The molecule has 4 aromatic rings. The van der Waals surface area contributed by atoms with E-state index >= 15 is 0 Å². The largest absolute Gasteiger partial charge is 0.377 e. The first-order valence-electron chi connectivity index (χ1n) is 14.9. The summed E-state index contributed by atoms with van der Waals surface area (Å²) in [6, 6.07) is 22.4. The van der Waals surface area contributed by atoms with E-state index < -0.39 is 0 Å². The van der Waals surface area contributed by atoms with Gasteiger partial charge in [-0.3, -0.25) is 14.5 Å². The second kappa shape index (κ2) is 11.7. The molecule has 0 spiro atoms. The Kier molecular flexibility index (Phi) is 7.84. The number of hydrogen-bond donors (Lipinski definition) is 2. The van der Waals surface area contributed by atoms with Crippen LogP contribution in [0.25, 0.3) is 10.8 Å². The van der Waals surface area contributed by atoms with Gasteiger partial charge in [-0.1, -0.05) is 56.3 Å². The molecule has 1 amide bonds. The Hall–Kier alpha value is -4.01. The van der Waals surface area contributed by atoms with E-state index in [9.17, 15) is 9.59 Å². The van der Waals surface area contributed by atoms with Gasteiger partial charge in [0.25, 0.3) is 11.5 Å². The summed E-state index contributed by atoms with van der Waals surface area (Å²) >= 11 is 0. The van der Waals surface area contributed by atoms with Gasteiger partial charge in [-0.2, -0.15) is 5.10 Å². The third-order valence-electron chi connectivity index (χ3n) is 8.42. The van der Waals surface area contributed by atoms with Crippen molar-refractivity contribution in [3.8, 4) is 0 Å². The number of H-pyrrole nitrogens is 1. The van der Waals surface area contributed by atoms with Crippen LogP contribution >= 0.6 is 0 Å². The lowest BCUT2D eigenvalue weighted by Gasteiger charge is -2.36. The van der Waals surface area contributed by atoms with Crippen LogP contribution in [0, 0.1) is 5.92 Å². The average molecular weight is 565 g/mol. The van der Waals surface area contributed by atoms with Crippen molar-refractivity contribution in [3.63, 3.8) is 0 Å². The van der Waals surface area contributed by atoms with Crippen LogP contribution in [0.1, 0.15) is 58.5 Å². The zero-order chi connectivity index (χ0) is 29.4. The summed E-state index contributed by atoms with van der Waals surface area (Å²) in [5.41, 5.74) is 5.66. The van der Waals surface area contributed by atoms with Gasteiger partial charge in [0.2, 0.25) is 0 Å². The Morgan fingerprint density at radius 3 is 2.31 bits per heavy atom. The van der Waals surface area contributed by atoms with Crippen LogP contribution in [0.2, 0.25) is 0 Å². The van der Waals surface area contributed by atoms with Gasteiger partial charge < -0.3 is 15.1 Å². The number of hydrogen-bond acceptors (Lipinski definition) is 6. The molecule has 3 heterocycles. The highest BCUT2D eigenvalue weighted by atomic mass is 16.2. The molecule has 0 bridgehead atoms. The zero-order valence-corrected chi connectivity index (χ0v) is 24.9. The number of aromatic amines is 1. The molecule has 3 aromatic carbocycles. The maximum Gasteiger partial charge on any atom is 0.272 e. The summed E-state index contributed by atoms with van der Waals surface area (Å²) in [6.07, 6.45) is 0. The normalized spacial score (nSPS) is 19.0. The van der Waals surface area contributed by atoms with Gasteiger partial charge >= 0.3 is 0 Å². The summed E-state index contributed by atoms with van der Waals surface area (Å²) < 4.78 is 0. The summed E-state index contributed by atoms with van der Waals surface area (Å²) in [6.45, 7) is 9.74. The Morgan fingerprint density at radius 1 is 0.952 bits per heavy atom. The van der Waals surface area contributed by atoms with E-state index in [0.29, 0.717) is 16.9 Å². The number of aromatic nitrogens is 2. The highest BCUT2D eigenvalue weighted by molar-refractivity contribution is 5.97. The zero-order valence-electron chi connectivity index (χ0n) is 24.9. The molecule has 2 N–H and O–H groups in total. The minimum Gasteiger partial charge on any atom is -0.377 e. The third kappa shape index (κ3) is 5.56. The molecule has 8 heteroatoms. The van der Waals surface area contributed by atoms with E-state index in [-0.39, 0.29) is 23.4 Å². The monoisotopic (exact) mass is 564 g/mol. The van der Waals surface area contributed by atoms with Crippen LogP contribution in [-0.2, 0) is 6.54 Å². The van der Waals surface area contributed by atoms with Crippen molar-refractivity contribution >= 4 is 22.4 Å². The molecule has 218 valence electrons. The van der Waals surface area contributed by atoms with Gasteiger partial charge in [-0.25, -0.2) is 5.10 Å². The number of piperazine rings is 1. The SMILES string of the molecule is CC(C)CN1CCN(C(=O)c2ccc(C3c4n[nH]c(=O)c5cccc(c45)NC3c3ccc(CN(C)C)cc3)cc2)CC1. The molecule has 1 aromatic heterocycles. The van der Waals surface area contributed by atoms with Crippen molar-refractivity contribution in [2.75, 3.05) is 52.1 Å². The standard InChI is InChI=1S/C34H40N6O2/c1-22(2)20-39-16-18-40(19-17-39)34(42)26-14-12-24(13-15-26)29-31(25-10-8-23(9-11-25)21-38(3)4)35-28-7-5-6-27-30(28)32(29)36-37-33(27)41/h5-15,22,29,31,35H,16-21H2,1-4H3,(H,37,41). The maximum atomic E-state index is 13.4. The maximum absolute atomic E-state index is 13.4. The molecular formula is C34H40N6O2. The van der Waals surface area contributed by atoms with E-state index in [1.54, 1.807) is 0 Å². The molecule has 0 saturated carbocycles. The Morgan fingerprint density at radius 2 is 1.64 bits per heavy atom. The number of nitrogens with zero attached hydrogens (tertiary/aromatic N) is 4. The van der Waals surface area contributed by atoms with E-state index in [1.165, 1.54) is 5.56 Å². The van der Waals surface area contributed by atoms with E-state index in [4.69, 9.17) is 0 Å². The third-order valence-corrected chi connectivity index (χ3v) is 8.42. The predicted molar refractivity (Wildman–Crippen MR) is 168 cm³/mol. The van der Waals surface area contributed by atoms with Crippen LogP contribution in [-0.4, -0.2) is 77.6 Å². The Labute approximate surface area is 247 Å². The van der Waals surface area contributed by atoms with Gasteiger partial charge in [0.1, 0.15) is 0 Å². The molecular weight excluding hydrogens is 524 g/mol. The lowest BCUT2D eigenvalue weighted by molar-refractivity contribution is 0.0624. The Bertz CT molecular complexity index is 1620. The molecule has 42 heavy (non-hydrogen) atoms. The second-order valence-electron chi connectivity index (χ2n) is 12.4. The fourth-order valence-electron chi connectivity index (χ4n) is 6.49. The van der Waals surface area contributed by atoms with Crippen LogP contribution in [0.5, 0.6) is 0 Å². The summed E-state index contributed by atoms with van der Waals surface area (Å²) in [4.78, 5) is 32.7. The number of benzene rings is 3. The molecule has 2 aliphatic heterocycles.